The van der Waals surface area contributed by atoms with E-state index in [-0.39, 0.29) is 12.6 Å². The van der Waals surface area contributed by atoms with Gasteiger partial charge >= 0.3 is 0 Å². The average molecular weight is 224 g/mol. The number of anilines is 2. The molecule has 16 heavy (non-hydrogen) atoms. The Morgan fingerprint density at radius 3 is 2.56 bits per heavy atom. The first kappa shape index (κ1) is 12.6. The largest absolute Gasteiger partial charge is 0.497 e. The number of hydrogen-bond acceptors (Lipinski definition) is 4. The Morgan fingerprint density at radius 1 is 1.44 bits per heavy atom. The van der Waals surface area contributed by atoms with Crippen molar-refractivity contribution in [3.05, 3.63) is 18.2 Å². The van der Waals surface area contributed by atoms with Crippen molar-refractivity contribution in [2.24, 2.45) is 5.92 Å². The maximum absolute atomic E-state index is 9.22. The molecule has 0 aliphatic carbocycles. The van der Waals surface area contributed by atoms with Crippen molar-refractivity contribution in [2.45, 2.75) is 19.9 Å². The molecule has 4 N–H and O–H groups in total. The molecule has 4 nitrogen and oxygen atoms in total. The number of benzene rings is 1. The number of aliphatic hydroxyl groups is 1. The molecule has 4 heteroatoms. The molecule has 1 atom stereocenters. The smallest absolute Gasteiger partial charge is 0.121 e. The first-order valence-electron chi connectivity index (χ1n) is 5.39. The van der Waals surface area contributed by atoms with Gasteiger partial charge in [-0.25, -0.2) is 0 Å². The Kier molecular flexibility index (Phi) is 4.43. The molecule has 0 heterocycles. The minimum atomic E-state index is 0.00990. The quantitative estimate of drug-likeness (QED) is 0.666. The molecule has 0 saturated heterocycles. The van der Waals surface area contributed by atoms with E-state index >= 15 is 0 Å². The Balaban J connectivity index is 2.80. The molecule has 1 aromatic rings. The maximum Gasteiger partial charge on any atom is 0.121 e. The van der Waals surface area contributed by atoms with Crippen molar-refractivity contribution in [1.29, 1.82) is 0 Å². The molecule has 0 aliphatic heterocycles. The highest BCUT2D eigenvalue weighted by Gasteiger charge is 2.13. The van der Waals surface area contributed by atoms with Crippen LogP contribution in [0.25, 0.3) is 0 Å². The van der Waals surface area contributed by atoms with Crippen LogP contribution in [-0.4, -0.2) is 24.9 Å². The van der Waals surface area contributed by atoms with Gasteiger partial charge in [0.05, 0.1) is 31.1 Å². The number of aliphatic hydroxyl groups excluding tert-OH is 1. The van der Waals surface area contributed by atoms with Crippen molar-refractivity contribution in [3.63, 3.8) is 0 Å². The molecule has 0 saturated carbocycles. The lowest BCUT2D eigenvalue weighted by Gasteiger charge is -2.22. The maximum atomic E-state index is 9.22. The van der Waals surface area contributed by atoms with E-state index in [1.54, 1.807) is 13.2 Å². The summed E-state index contributed by atoms with van der Waals surface area (Å²) in [5.74, 6) is 1.07. The van der Waals surface area contributed by atoms with Gasteiger partial charge in [-0.1, -0.05) is 13.8 Å². The summed E-state index contributed by atoms with van der Waals surface area (Å²) in [6, 6.07) is 5.47. The fraction of sp³-hybridized carbons (Fsp3) is 0.500. The summed E-state index contributed by atoms with van der Waals surface area (Å²) < 4.78 is 5.07. The number of ether oxygens (including phenoxy) is 1. The number of rotatable bonds is 5. The van der Waals surface area contributed by atoms with Crippen LogP contribution in [0.3, 0.4) is 0 Å². The second-order valence-corrected chi connectivity index (χ2v) is 4.13. The van der Waals surface area contributed by atoms with Crippen LogP contribution in [0.5, 0.6) is 5.75 Å². The topological polar surface area (TPSA) is 67.5 Å². The van der Waals surface area contributed by atoms with Crippen molar-refractivity contribution in [2.75, 3.05) is 24.8 Å². The monoisotopic (exact) mass is 224 g/mol. The van der Waals surface area contributed by atoms with E-state index in [4.69, 9.17) is 10.5 Å². The predicted molar refractivity (Wildman–Crippen MR) is 66.7 cm³/mol. The van der Waals surface area contributed by atoms with E-state index in [2.05, 4.69) is 5.32 Å². The third-order valence-corrected chi connectivity index (χ3v) is 2.60. The summed E-state index contributed by atoms with van der Waals surface area (Å²) in [6.07, 6.45) is 0. The van der Waals surface area contributed by atoms with Crippen LogP contribution in [0.15, 0.2) is 18.2 Å². The van der Waals surface area contributed by atoms with Crippen LogP contribution < -0.4 is 15.8 Å². The lowest BCUT2D eigenvalue weighted by Crippen LogP contribution is -2.29. The van der Waals surface area contributed by atoms with E-state index in [1.807, 2.05) is 26.0 Å². The predicted octanol–water partition coefficient (Wildman–Crippen LogP) is 1.71. The van der Waals surface area contributed by atoms with Crippen LogP contribution in [0.2, 0.25) is 0 Å². The Labute approximate surface area is 96.4 Å². The molecule has 1 rings (SSSR count). The molecule has 0 bridgehead atoms. The molecule has 0 aliphatic rings. The zero-order chi connectivity index (χ0) is 12.1. The number of hydrogen-bond donors (Lipinski definition) is 3. The SMILES string of the molecule is COc1ccc(NC(CO)C(C)C)c(N)c1. The van der Waals surface area contributed by atoms with E-state index in [1.165, 1.54) is 0 Å². The molecule has 0 radical (unpaired) electrons. The molecule has 0 spiro atoms. The van der Waals surface area contributed by atoms with Crippen LogP contribution in [0, 0.1) is 5.92 Å². The van der Waals surface area contributed by atoms with Gasteiger partial charge in [0.2, 0.25) is 0 Å². The third-order valence-electron chi connectivity index (χ3n) is 2.60. The lowest BCUT2D eigenvalue weighted by molar-refractivity contribution is 0.249. The molecular weight excluding hydrogens is 204 g/mol. The highest BCUT2D eigenvalue weighted by molar-refractivity contribution is 5.68. The van der Waals surface area contributed by atoms with Gasteiger partial charge in [0.25, 0.3) is 0 Å². The highest BCUT2D eigenvalue weighted by Crippen LogP contribution is 2.25. The highest BCUT2D eigenvalue weighted by atomic mass is 16.5. The molecule has 0 aromatic heterocycles. The summed E-state index contributed by atoms with van der Waals surface area (Å²) >= 11 is 0. The minimum Gasteiger partial charge on any atom is -0.497 e. The van der Waals surface area contributed by atoms with Crippen LogP contribution in [-0.2, 0) is 0 Å². The number of nitrogens with two attached hydrogens (primary N) is 1. The van der Waals surface area contributed by atoms with Gasteiger partial charge in [0, 0.05) is 6.07 Å². The van der Waals surface area contributed by atoms with Crippen molar-refractivity contribution < 1.29 is 9.84 Å². The molecule has 0 fully saturated rings. The van der Waals surface area contributed by atoms with E-state index in [9.17, 15) is 5.11 Å². The van der Waals surface area contributed by atoms with Crippen LogP contribution in [0.1, 0.15) is 13.8 Å². The second kappa shape index (κ2) is 5.61. The number of nitrogens with one attached hydrogen (secondary N) is 1. The molecule has 1 aromatic carbocycles. The van der Waals surface area contributed by atoms with Crippen molar-refractivity contribution in [1.82, 2.24) is 0 Å². The van der Waals surface area contributed by atoms with Gasteiger partial charge in [-0.15, -0.1) is 0 Å². The van der Waals surface area contributed by atoms with Crippen LogP contribution >= 0.6 is 0 Å². The van der Waals surface area contributed by atoms with Gasteiger partial charge in [-0.05, 0) is 18.1 Å². The zero-order valence-electron chi connectivity index (χ0n) is 10.0. The standard InChI is InChI=1S/C12H20N2O2/c1-8(2)12(7-15)14-11-5-4-9(16-3)6-10(11)13/h4-6,8,12,14-15H,7,13H2,1-3H3. The van der Waals surface area contributed by atoms with Gasteiger partial charge in [0.15, 0.2) is 0 Å². The Bertz CT molecular complexity index is 340. The second-order valence-electron chi connectivity index (χ2n) is 4.13. The van der Waals surface area contributed by atoms with E-state index in [0.717, 1.165) is 11.4 Å². The Hall–Kier alpha value is -1.42. The normalized spacial score (nSPS) is 12.6. The van der Waals surface area contributed by atoms with Crippen molar-refractivity contribution >= 4 is 11.4 Å². The van der Waals surface area contributed by atoms with E-state index in [0.29, 0.717) is 11.6 Å². The van der Waals surface area contributed by atoms with Gasteiger partial charge < -0.3 is 20.9 Å². The first-order chi connectivity index (χ1) is 7.58. The summed E-state index contributed by atoms with van der Waals surface area (Å²) in [5.41, 5.74) is 7.33. The van der Waals surface area contributed by atoms with E-state index < -0.39 is 0 Å². The molecule has 0 amide bonds. The summed E-state index contributed by atoms with van der Waals surface area (Å²) in [4.78, 5) is 0. The molecule has 90 valence electrons. The number of nitrogen functional groups attached to an aromatic ring is 1. The molecule has 1 unspecified atom stereocenters. The lowest BCUT2D eigenvalue weighted by atomic mass is 10.0. The van der Waals surface area contributed by atoms with Gasteiger partial charge in [-0.2, -0.15) is 0 Å². The summed E-state index contributed by atoms with van der Waals surface area (Å²) in [6.45, 7) is 4.18. The average Bonchev–Trinajstić information content (AvgIpc) is 2.26. The number of methoxy groups -OCH3 is 1. The fourth-order valence-corrected chi connectivity index (χ4v) is 1.42. The third kappa shape index (κ3) is 3.03. The van der Waals surface area contributed by atoms with Crippen molar-refractivity contribution in [3.8, 4) is 5.75 Å². The first-order valence-corrected chi connectivity index (χ1v) is 5.39. The fourth-order valence-electron chi connectivity index (χ4n) is 1.42. The van der Waals surface area contributed by atoms with Gasteiger partial charge in [-0.3, -0.25) is 0 Å². The Morgan fingerprint density at radius 2 is 2.12 bits per heavy atom. The molecular formula is C12H20N2O2. The summed E-state index contributed by atoms with van der Waals surface area (Å²) in [7, 11) is 1.60. The van der Waals surface area contributed by atoms with Gasteiger partial charge in [0.1, 0.15) is 5.75 Å². The summed E-state index contributed by atoms with van der Waals surface area (Å²) in [5, 5.41) is 12.4. The minimum absolute atomic E-state index is 0.00990. The zero-order valence-corrected chi connectivity index (χ0v) is 10.0. The van der Waals surface area contributed by atoms with Crippen LogP contribution in [0.4, 0.5) is 11.4 Å².